The molecule has 0 spiro atoms. The summed E-state index contributed by atoms with van der Waals surface area (Å²) in [6, 6.07) is 17.5. The number of hydrogen-bond donors (Lipinski definition) is 3. The largest absolute Gasteiger partial charge is 0.478 e. The van der Waals surface area contributed by atoms with Crippen LogP contribution in [0.3, 0.4) is 0 Å². The number of nitrogen functional groups attached to an aromatic ring is 1. The van der Waals surface area contributed by atoms with Gasteiger partial charge >= 0.3 is 5.97 Å². The number of nitrogens with zero attached hydrogens (tertiary/aromatic N) is 3. The number of carboxylic acids is 1. The van der Waals surface area contributed by atoms with Gasteiger partial charge in [-0.05, 0) is 30.3 Å². The number of anilines is 2. The summed E-state index contributed by atoms with van der Waals surface area (Å²) in [5.41, 5.74) is 8.58. The highest BCUT2D eigenvalue weighted by Crippen LogP contribution is 2.24. The first kappa shape index (κ1) is 17.1. The van der Waals surface area contributed by atoms with Crippen LogP contribution in [0, 0.1) is 5.41 Å². The predicted octanol–water partition coefficient (Wildman–Crippen LogP) is 2.89. The molecule has 0 aliphatic heterocycles. The van der Waals surface area contributed by atoms with Crippen LogP contribution in [0.1, 0.15) is 15.9 Å². The standard InChI is InChI=1S/C19H17N5O2/c1-24(15-4-2-3-14(11-15)19(25)26)17-10-9-16(22-23-17)12-5-7-13(8-6-12)18(20)21/h2-11H,1H3,(H3,20,21)(H,25,26). The van der Waals surface area contributed by atoms with E-state index in [2.05, 4.69) is 10.2 Å². The van der Waals surface area contributed by atoms with Gasteiger partial charge in [0.15, 0.2) is 5.82 Å². The Hall–Kier alpha value is -3.74. The van der Waals surface area contributed by atoms with Gasteiger partial charge in [-0.25, -0.2) is 4.79 Å². The summed E-state index contributed by atoms with van der Waals surface area (Å²) in [7, 11) is 1.80. The zero-order chi connectivity index (χ0) is 18.7. The Morgan fingerprint density at radius 3 is 2.35 bits per heavy atom. The Morgan fingerprint density at radius 1 is 1.04 bits per heavy atom. The van der Waals surface area contributed by atoms with Crippen molar-refractivity contribution in [3.63, 3.8) is 0 Å². The van der Waals surface area contributed by atoms with E-state index in [0.29, 0.717) is 22.8 Å². The first-order valence-corrected chi connectivity index (χ1v) is 7.81. The average molecular weight is 347 g/mol. The van der Waals surface area contributed by atoms with E-state index in [4.69, 9.17) is 16.2 Å². The molecule has 1 aromatic heterocycles. The molecule has 3 rings (SSSR count). The van der Waals surface area contributed by atoms with Crippen molar-refractivity contribution in [3.8, 4) is 11.3 Å². The van der Waals surface area contributed by atoms with E-state index in [9.17, 15) is 4.79 Å². The van der Waals surface area contributed by atoms with Gasteiger partial charge in [-0.15, -0.1) is 10.2 Å². The molecule has 0 saturated carbocycles. The Labute approximate surface area is 150 Å². The number of aromatic carboxylic acids is 1. The minimum Gasteiger partial charge on any atom is -0.478 e. The summed E-state index contributed by atoms with van der Waals surface area (Å²) in [5.74, 6) is -0.365. The summed E-state index contributed by atoms with van der Waals surface area (Å²) in [5, 5.41) is 25.0. The fourth-order valence-corrected chi connectivity index (χ4v) is 2.46. The van der Waals surface area contributed by atoms with Crippen LogP contribution in [0.4, 0.5) is 11.5 Å². The quantitative estimate of drug-likeness (QED) is 0.483. The van der Waals surface area contributed by atoms with Crippen molar-refractivity contribution in [1.29, 1.82) is 5.41 Å². The summed E-state index contributed by atoms with van der Waals surface area (Å²) < 4.78 is 0. The maximum Gasteiger partial charge on any atom is 0.335 e. The molecule has 1 heterocycles. The molecular formula is C19H17N5O2. The fourth-order valence-electron chi connectivity index (χ4n) is 2.46. The molecule has 7 nitrogen and oxygen atoms in total. The molecule has 0 atom stereocenters. The monoisotopic (exact) mass is 347 g/mol. The second kappa shape index (κ2) is 7.02. The number of carbonyl (C=O) groups is 1. The zero-order valence-electron chi connectivity index (χ0n) is 14.0. The number of benzene rings is 2. The number of nitrogens with one attached hydrogen (secondary N) is 1. The van der Waals surface area contributed by atoms with Gasteiger partial charge in [0.1, 0.15) is 5.84 Å². The summed E-state index contributed by atoms with van der Waals surface area (Å²) >= 11 is 0. The Kier molecular flexibility index (Phi) is 4.62. The second-order valence-corrected chi connectivity index (χ2v) is 5.68. The fraction of sp³-hybridized carbons (Fsp3) is 0.0526. The number of amidine groups is 1. The maximum absolute atomic E-state index is 11.1. The van der Waals surface area contributed by atoms with E-state index < -0.39 is 5.97 Å². The normalized spacial score (nSPS) is 10.3. The third-order valence-corrected chi connectivity index (χ3v) is 3.97. The molecule has 0 aliphatic carbocycles. The molecule has 2 aromatic carbocycles. The van der Waals surface area contributed by atoms with Gasteiger partial charge in [-0.2, -0.15) is 0 Å². The lowest BCUT2D eigenvalue weighted by Crippen LogP contribution is -2.12. The Morgan fingerprint density at radius 2 is 1.77 bits per heavy atom. The molecule has 26 heavy (non-hydrogen) atoms. The van der Waals surface area contributed by atoms with Gasteiger partial charge in [-0.3, -0.25) is 5.41 Å². The lowest BCUT2D eigenvalue weighted by Gasteiger charge is -2.18. The van der Waals surface area contributed by atoms with Crippen LogP contribution in [0.25, 0.3) is 11.3 Å². The van der Waals surface area contributed by atoms with Gasteiger partial charge < -0.3 is 15.7 Å². The van der Waals surface area contributed by atoms with Gasteiger partial charge in [-0.1, -0.05) is 30.3 Å². The van der Waals surface area contributed by atoms with Crippen molar-refractivity contribution >= 4 is 23.3 Å². The molecular weight excluding hydrogens is 330 g/mol. The smallest absolute Gasteiger partial charge is 0.335 e. The van der Waals surface area contributed by atoms with E-state index in [-0.39, 0.29) is 11.4 Å². The minimum absolute atomic E-state index is 0.0169. The highest BCUT2D eigenvalue weighted by atomic mass is 16.4. The Balaban J connectivity index is 1.83. The SMILES string of the molecule is CN(c1cccc(C(=O)O)c1)c1ccc(-c2ccc(C(=N)N)cc2)nn1. The second-order valence-electron chi connectivity index (χ2n) is 5.68. The first-order chi connectivity index (χ1) is 12.5. The number of rotatable bonds is 5. The van der Waals surface area contributed by atoms with Crippen molar-refractivity contribution < 1.29 is 9.90 Å². The van der Waals surface area contributed by atoms with Crippen LogP contribution in [0.15, 0.2) is 60.7 Å². The lowest BCUT2D eigenvalue weighted by molar-refractivity contribution is 0.0697. The topological polar surface area (TPSA) is 116 Å². The molecule has 0 unspecified atom stereocenters. The zero-order valence-corrected chi connectivity index (χ0v) is 14.0. The van der Waals surface area contributed by atoms with Crippen molar-refractivity contribution in [2.75, 3.05) is 11.9 Å². The number of aromatic nitrogens is 2. The van der Waals surface area contributed by atoms with E-state index in [0.717, 1.165) is 5.56 Å². The van der Waals surface area contributed by atoms with E-state index in [1.165, 1.54) is 0 Å². The van der Waals surface area contributed by atoms with E-state index >= 15 is 0 Å². The summed E-state index contributed by atoms with van der Waals surface area (Å²) in [6.07, 6.45) is 0. The molecule has 0 radical (unpaired) electrons. The van der Waals surface area contributed by atoms with Crippen molar-refractivity contribution in [2.45, 2.75) is 0 Å². The Bertz CT molecular complexity index is 952. The van der Waals surface area contributed by atoms with Crippen molar-refractivity contribution in [1.82, 2.24) is 10.2 Å². The highest BCUT2D eigenvalue weighted by molar-refractivity contribution is 5.95. The molecule has 0 amide bonds. The lowest BCUT2D eigenvalue weighted by atomic mass is 10.1. The van der Waals surface area contributed by atoms with Crippen molar-refractivity contribution in [2.24, 2.45) is 5.73 Å². The van der Waals surface area contributed by atoms with Gasteiger partial charge in [0.05, 0.1) is 11.3 Å². The third-order valence-electron chi connectivity index (χ3n) is 3.97. The molecule has 0 saturated heterocycles. The van der Waals surface area contributed by atoms with Crippen LogP contribution in [-0.2, 0) is 0 Å². The van der Waals surface area contributed by atoms with Crippen LogP contribution in [0.2, 0.25) is 0 Å². The third kappa shape index (κ3) is 3.51. The maximum atomic E-state index is 11.1. The minimum atomic E-state index is -0.976. The van der Waals surface area contributed by atoms with Crippen LogP contribution in [-0.4, -0.2) is 34.2 Å². The van der Waals surface area contributed by atoms with Crippen LogP contribution in [0.5, 0.6) is 0 Å². The average Bonchev–Trinajstić information content (AvgIpc) is 2.67. The molecule has 0 aliphatic rings. The number of nitrogens with two attached hydrogens (primary N) is 1. The summed E-state index contributed by atoms with van der Waals surface area (Å²) in [6.45, 7) is 0. The number of carboxylic acid groups (broad SMARTS) is 1. The highest BCUT2D eigenvalue weighted by Gasteiger charge is 2.10. The first-order valence-electron chi connectivity index (χ1n) is 7.81. The van der Waals surface area contributed by atoms with E-state index in [1.807, 2.05) is 30.3 Å². The number of hydrogen-bond acceptors (Lipinski definition) is 5. The van der Waals surface area contributed by atoms with Crippen LogP contribution < -0.4 is 10.6 Å². The molecule has 0 bridgehead atoms. The summed E-state index contributed by atoms with van der Waals surface area (Å²) in [4.78, 5) is 12.9. The molecule has 4 N–H and O–H groups in total. The molecule has 7 heteroatoms. The van der Waals surface area contributed by atoms with Gasteiger partial charge in [0.25, 0.3) is 0 Å². The molecule has 3 aromatic rings. The van der Waals surface area contributed by atoms with Gasteiger partial charge in [0.2, 0.25) is 0 Å². The predicted molar refractivity (Wildman–Crippen MR) is 99.9 cm³/mol. The van der Waals surface area contributed by atoms with Crippen molar-refractivity contribution in [3.05, 3.63) is 71.8 Å². The molecule has 130 valence electrons. The van der Waals surface area contributed by atoms with E-state index in [1.54, 1.807) is 42.3 Å². The molecule has 0 fully saturated rings. The van der Waals surface area contributed by atoms with Crippen LogP contribution >= 0.6 is 0 Å². The van der Waals surface area contributed by atoms with Gasteiger partial charge in [0, 0.05) is 23.9 Å².